The van der Waals surface area contributed by atoms with Gasteiger partial charge in [-0.3, -0.25) is 14.7 Å². The summed E-state index contributed by atoms with van der Waals surface area (Å²) in [6, 6.07) is 14.4. The second-order valence-electron chi connectivity index (χ2n) is 12.8. The number of hydrogen-bond donors (Lipinski definition) is 0. The van der Waals surface area contributed by atoms with Crippen molar-refractivity contribution in [2.75, 3.05) is 19.7 Å². The Bertz CT molecular complexity index is 1300. The zero-order chi connectivity index (χ0) is 28.4. The van der Waals surface area contributed by atoms with E-state index in [9.17, 15) is 4.79 Å². The summed E-state index contributed by atoms with van der Waals surface area (Å²) in [7, 11) is 0. The fraction of sp³-hybridized carbons (Fsp3) is 0.515. The number of carbonyl (C=O) groups is 1. The van der Waals surface area contributed by atoms with Crippen molar-refractivity contribution in [1.29, 1.82) is 0 Å². The van der Waals surface area contributed by atoms with Crippen molar-refractivity contribution in [3.8, 4) is 11.1 Å². The molecular formula is C33H43ClN2O3. The number of likely N-dealkylation sites (tertiary alicyclic amines) is 1. The molecule has 0 N–H and O–H groups in total. The van der Waals surface area contributed by atoms with Crippen LogP contribution in [0.2, 0.25) is 5.02 Å². The molecule has 0 saturated carbocycles. The van der Waals surface area contributed by atoms with Crippen LogP contribution in [0.4, 0.5) is 0 Å². The Morgan fingerprint density at radius 3 is 2.28 bits per heavy atom. The van der Waals surface area contributed by atoms with E-state index in [1.807, 2.05) is 65.8 Å². The highest BCUT2D eigenvalue weighted by atomic mass is 35.5. The number of rotatable bonds is 7. The van der Waals surface area contributed by atoms with Crippen molar-refractivity contribution in [2.45, 2.75) is 86.0 Å². The van der Waals surface area contributed by atoms with Gasteiger partial charge in [0.15, 0.2) is 0 Å². The second-order valence-corrected chi connectivity index (χ2v) is 13.2. The molecule has 0 amide bonds. The van der Waals surface area contributed by atoms with Crippen LogP contribution < -0.4 is 0 Å². The van der Waals surface area contributed by atoms with Gasteiger partial charge in [-0.1, -0.05) is 36.2 Å². The Morgan fingerprint density at radius 2 is 1.67 bits per heavy atom. The van der Waals surface area contributed by atoms with Crippen LogP contribution in [0.5, 0.6) is 0 Å². The maximum atomic E-state index is 12.8. The van der Waals surface area contributed by atoms with Crippen LogP contribution in [0.15, 0.2) is 42.5 Å². The van der Waals surface area contributed by atoms with Crippen molar-refractivity contribution in [3.63, 3.8) is 0 Å². The van der Waals surface area contributed by atoms with Gasteiger partial charge >= 0.3 is 5.97 Å². The van der Waals surface area contributed by atoms with E-state index in [1.54, 1.807) is 0 Å². The van der Waals surface area contributed by atoms with Crippen molar-refractivity contribution < 1.29 is 14.3 Å². The first-order chi connectivity index (χ1) is 18.3. The summed E-state index contributed by atoms with van der Waals surface area (Å²) in [5, 5.41) is 1.73. The van der Waals surface area contributed by atoms with Gasteiger partial charge in [-0.15, -0.1) is 0 Å². The highest BCUT2D eigenvalue weighted by molar-refractivity contribution is 6.30. The van der Waals surface area contributed by atoms with E-state index in [2.05, 4.69) is 30.0 Å². The lowest BCUT2D eigenvalue weighted by Crippen LogP contribution is -2.30. The van der Waals surface area contributed by atoms with E-state index in [1.165, 1.54) is 19.3 Å². The van der Waals surface area contributed by atoms with Crippen molar-refractivity contribution in [1.82, 2.24) is 9.88 Å². The first kappa shape index (κ1) is 29.5. The normalized spacial score (nSPS) is 15.9. The summed E-state index contributed by atoms with van der Waals surface area (Å²) in [6.45, 7) is 17.0. The number of benzene rings is 2. The topological polar surface area (TPSA) is 51.7 Å². The number of halogens is 1. The zero-order valence-corrected chi connectivity index (χ0v) is 25.3. The van der Waals surface area contributed by atoms with Crippen LogP contribution >= 0.6 is 11.6 Å². The quantitative estimate of drug-likeness (QED) is 0.277. The average molecular weight is 551 g/mol. The molecule has 4 rings (SSSR count). The Morgan fingerprint density at radius 1 is 1.00 bits per heavy atom. The Balaban J connectivity index is 1.84. The van der Waals surface area contributed by atoms with Crippen molar-refractivity contribution in [3.05, 3.63) is 64.3 Å². The number of carbonyl (C=O) groups excluding carboxylic acids is 1. The van der Waals surface area contributed by atoms with Crippen LogP contribution in [0, 0.1) is 12.3 Å². The van der Waals surface area contributed by atoms with E-state index >= 15 is 0 Å². The molecule has 6 heteroatoms. The van der Waals surface area contributed by atoms with E-state index in [0.717, 1.165) is 58.5 Å². The summed E-state index contributed by atoms with van der Waals surface area (Å²) < 4.78 is 12.4. The van der Waals surface area contributed by atoms with E-state index < -0.39 is 17.1 Å². The van der Waals surface area contributed by atoms with Crippen LogP contribution in [0.3, 0.4) is 0 Å². The number of aromatic nitrogens is 1. The molecule has 1 saturated heterocycles. The number of hydrogen-bond acceptors (Lipinski definition) is 5. The highest BCUT2D eigenvalue weighted by Gasteiger charge is 2.30. The maximum Gasteiger partial charge on any atom is 0.311 e. The Kier molecular flexibility index (Phi) is 9.05. The van der Waals surface area contributed by atoms with Crippen molar-refractivity contribution >= 4 is 28.5 Å². The molecule has 1 aliphatic heterocycles. The van der Waals surface area contributed by atoms with Crippen LogP contribution in [-0.2, 0) is 20.8 Å². The number of nitrogens with zero attached hydrogens (tertiary/aromatic N) is 2. The summed E-state index contributed by atoms with van der Waals surface area (Å²) in [5.74, 6) is -0.250. The molecular weight excluding hydrogens is 508 g/mol. The largest absolute Gasteiger partial charge is 0.462 e. The van der Waals surface area contributed by atoms with Gasteiger partial charge in [0.05, 0.1) is 22.2 Å². The number of ether oxygens (including phenoxy) is 2. The molecule has 0 radical (unpaired) electrons. The minimum atomic E-state index is -0.599. The van der Waals surface area contributed by atoms with Gasteiger partial charge in [-0.25, -0.2) is 0 Å². The molecule has 2 heterocycles. The predicted octanol–water partition coefficient (Wildman–Crippen LogP) is 8.30. The van der Waals surface area contributed by atoms with Gasteiger partial charge in [-0.2, -0.15) is 0 Å². The molecule has 0 unspecified atom stereocenters. The lowest BCUT2D eigenvalue weighted by molar-refractivity contribution is -0.162. The fourth-order valence-electron chi connectivity index (χ4n) is 5.21. The molecule has 5 nitrogen and oxygen atoms in total. The summed E-state index contributed by atoms with van der Waals surface area (Å²) in [6.07, 6.45) is 3.37. The van der Waals surface area contributed by atoms with E-state index in [-0.39, 0.29) is 12.6 Å². The third-order valence-corrected chi connectivity index (χ3v) is 7.31. The molecule has 2 aromatic carbocycles. The summed E-state index contributed by atoms with van der Waals surface area (Å²) >= 11 is 6.28. The van der Waals surface area contributed by atoms with Gasteiger partial charge in [0.1, 0.15) is 12.7 Å². The second kappa shape index (κ2) is 12.0. The van der Waals surface area contributed by atoms with Gasteiger partial charge in [0.2, 0.25) is 0 Å². The number of aryl methyl sites for hydroxylation is 1. The molecule has 0 spiro atoms. The number of pyridine rings is 1. The summed E-state index contributed by atoms with van der Waals surface area (Å²) in [4.78, 5) is 20.4. The number of piperidine rings is 1. The van der Waals surface area contributed by atoms with Crippen LogP contribution in [0.1, 0.15) is 83.7 Å². The lowest BCUT2D eigenvalue weighted by atomic mass is 9.88. The lowest BCUT2D eigenvalue weighted by Gasteiger charge is -2.31. The zero-order valence-electron chi connectivity index (χ0n) is 24.6. The molecule has 210 valence electrons. The monoisotopic (exact) mass is 550 g/mol. The van der Waals surface area contributed by atoms with E-state index in [0.29, 0.717) is 5.02 Å². The molecule has 3 aromatic rings. The molecule has 1 atom stereocenters. The molecule has 0 aliphatic carbocycles. The van der Waals surface area contributed by atoms with E-state index in [4.69, 9.17) is 26.1 Å². The number of esters is 1. The maximum absolute atomic E-state index is 12.8. The predicted molar refractivity (Wildman–Crippen MR) is 160 cm³/mol. The molecule has 1 fully saturated rings. The first-order valence-corrected chi connectivity index (χ1v) is 14.5. The third kappa shape index (κ3) is 7.59. The summed E-state index contributed by atoms with van der Waals surface area (Å²) in [5.41, 5.74) is 5.12. The minimum absolute atomic E-state index is 0.126. The standard InChI is InChI=1S/C33H43ClN2O3/c1-22-19-27-26(16-15-25(35-27)20-36-17-9-8-10-18-36)30(23-11-13-24(34)14-12-23)29(22)28(39-33(5,6)7)21-38-31(37)32(2,3)4/h11-16,19,28H,8-10,17-18,20-21H2,1-7H3/t28-/m0/s1. The average Bonchev–Trinajstić information content (AvgIpc) is 2.85. The highest BCUT2D eigenvalue weighted by Crippen LogP contribution is 2.40. The minimum Gasteiger partial charge on any atom is -0.462 e. The van der Waals surface area contributed by atoms with Crippen molar-refractivity contribution in [2.24, 2.45) is 5.41 Å². The molecule has 39 heavy (non-hydrogen) atoms. The molecule has 0 bridgehead atoms. The fourth-order valence-corrected chi connectivity index (χ4v) is 5.34. The SMILES string of the molecule is Cc1cc2nc(CN3CCCCC3)ccc2c(-c2ccc(Cl)cc2)c1[C@H](COC(=O)C(C)(C)C)OC(C)(C)C. The van der Waals surface area contributed by atoms with Crippen LogP contribution in [-0.4, -0.2) is 41.2 Å². The Hall–Kier alpha value is -2.47. The van der Waals surface area contributed by atoms with Gasteiger partial charge in [0, 0.05) is 17.0 Å². The van der Waals surface area contributed by atoms with Gasteiger partial charge in [0.25, 0.3) is 0 Å². The molecule has 1 aromatic heterocycles. The first-order valence-electron chi connectivity index (χ1n) is 14.1. The van der Waals surface area contributed by atoms with Gasteiger partial charge in [-0.05, 0) is 121 Å². The third-order valence-electron chi connectivity index (χ3n) is 7.06. The smallest absolute Gasteiger partial charge is 0.311 e. The number of fused-ring (bicyclic) bond motifs is 1. The van der Waals surface area contributed by atoms with Gasteiger partial charge < -0.3 is 9.47 Å². The Labute approximate surface area is 238 Å². The molecule has 1 aliphatic rings. The van der Waals surface area contributed by atoms with Crippen LogP contribution in [0.25, 0.3) is 22.0 Å².